The first kappa shape index (κ1) is 19.6. The summed E-state index contributed by atoms with van der Waals surface area (Å²) in [5.41, 5.74) is 3.47. The van der Waals surface area contributed by atoms with Crippen molar-refractivity contribution in [2.24, 2.45) is 0 Å². The summed E-state index contributed by atoms with van der Waals surface area (Å²) in [5, 5.41) is 2.45. The number of aromatic nitrogens is 2. The molecule has 1 aromatic carbocycles. The van der Waals surface area contributed by atoms with Crippen LogP contribution in [0.15, 0.2) is 43.4 Å². The molecule has 0 spiro atoms. The molecular formula is C23H22N2O3S2. The van der Waals surface area contributed by atoms with Crippen molar-refractivity contribution < 1.29 is 4.42 Å². The molecule has 0 N–H and O–H groups in total. The van der Waals surface area contributed by atoms with E-state index in [1.54, 1.807) is 22.0 Å². The number of hydrogen-bond acceptors (Lipinski definition) is 6. The molecule has 5 nitrogen and oxygen atoms in total. The minimum Gasteiger partial charge on any atom is -0.423 e. The van der Waals surface area contributed by atoms with Crippen molar-refractivity contribution in [3.05, 3.63) is 66.6 Å². The number of thiophene rings is 1. The number of fused-ring (bicyclic) bond motifs is 4. The summed E-state index contributed by atoms with van der Waals surface area (Å²) >= 11 is 3.18. The summed E-state index contributed by atoms with van der Waals surface area (Å²) in [6.45, 7) is 4.53. The van der Waals surface area contributed by atoms with Gasteiger partial charge in [0.15, 0.2) is 5.16 Å². The first-order valence-electron chi connectivity index (χ1n) is 10.3. The average molecular weight is 439 g/mol. The lowest BCUT2D eigenvalue weighted by Crippen LogP contribution is -2.23. The Morgan fingerprint density at radius 1 is 1.20 bits per heavy atom. The van der Waals surface area contributed by atoms with E-state index in [1.807, 2.05) is 32.0 Å². The van der Waals surface area contributed by atoms with E-state index in [0.29, 0.717) is 23.0 Å². The van der Waals surface area contributed by atoms with Crippen molar-refractivity contribution >= 4 is 44.3 Å². The molecule has 0 bridgehead atoms. The number of nitrogens with zero attached hydrogens (tertiary/aromatic N) is 2. The highest BCUT2D eigenvalue weighted by Crippen LogP contribution is 2.35. The van der Waals surface area contributed by atoms with Gasteiger partial charge in [0.05, 0.1) is 5.39 Å². The van der Waals surface area contributed by atoms with Crippen LogP contribution in [0, 0.1) is 6.92 Å². The molecule has 5 rings (SSSR count). The molecule has 1 aliphatic carbocycles. The van der Waals surface area contributed by atoms with Gasteiger partial charge < -0.3 is 4.42 Å². The molecule has 0 radical (unpaired) electrons. The molecule has 154 valence electrons. The Bertz CT molecular complexity index is 1400. The zero-order valence-corrected chi connectivity index (χ0v) is 18.6. The van der Waals surface area contributed by atoms with Crippen LogP contribution in [-0.2, 0) is 25.1 Å². The van der Waals surface area contributed by atoms with E-state index < -0.39 is 0 Å². The molecule has 0 saturated carbocycles. The maximum absolute atomic E-state index is 13.3. The quantitative estimate of drug-likeness (QED) is 0.253. The molecule has 0 unspecified atom stereocenters. The van der Waals surface area contributed by atoms with Gasteiger partial charge in [0.1, 0.15) is 10.4 Å². The van der Waals surface area contributed by atoms with Gasteiger partial charge in [-0.25, -0.2) is 9.78 Å². The van der Waals surface area contributed by atoms with E-state index in [-0.39, 0.29) is 11.2 Å². The smallest absolute Gasteiger partial charge is 0.336 e. The Balaban J connectivity index is 1.57. The zero-order chi connectivity index (χ0) is 20.8. The molecule has 7 heteroatoms. The normalized spacial score (nSPS) is 13.8. The van der Waals surface area contributed by atoms with E-state index in [9.17, 15) is 9.59 Å². The molecule has 0 aliphatic heterocycles. The van der Waals surface area contributed by atoms with Crippen molar-refractivity contribution in [2.75, 3.05) is 0 Å². The fraction of sp³-hybridized carbons (Fsp3) is 0.348. The number of rotatable bonds is 4. The monoisotopic (exact) mass is 438 g/mol. The Hall–Kier alpha value is -2.38. The van der Waals surface area contributed by atoms with E-state index >= 15 is 0 Å². The van der Waals surface area contributed by atoms with Crippen molar-refractivity contribution in [3.8, 4) is 0 Å². The number of benzene rings is 1. The molecule has 0 saturated heterocycles. The minimum absolute atomic E-state index is 0.0671. The fourth-order valence-corrected chi connectivity index (χ4v) is 6.56. The topological polar surface area (TPSA) is 65.1 Å². The Kier molecular flexibility index (Phi) is 5.03. The van der Waals surface area contributed by atoms with E-state index in [2.05, 4.69) is 0 Å². The third-order valence-corrected chi connectivity index (χ3v) is 7.91. The van der Waals surface area contributed by atoms with Crippen LogP contribution >= 0.6 is 23.1 Å². The van der Waals surface area contributed by atoms with E-state index in [4.69, 9.17) is 9.40 Å². The van der Waals surface area contributed by atoms with Crippen LogP contribution in [0.4, 0.5) is 0 Å². The van der Waals surface area contributed by atoms with Gasteiger partial charge in [0, 0.05) is 28.6 Å². The molecule has 0 atom stereocenters. The maximum Gasteiger partial charge on any atom is 0.336 e. The number of thioether (sulfide) groups is 1. The maximum atomic E-state index is 13.3. The first-order chi connectivity index (χ1) is 14.5. The van der Waals surface area contributed by atoms with Crippen LogP contribution in [0.25, 0.3) is 21.2 Å². The second kappa shape index (κ2) is 7.71. The third-order valence-electron chi connectivity index (χ3n) is 5.70. The Morgan fingerprint density at radius 3 is 2.87 bits per heavy atom. The highest BCUT2D eigenvalue weighted by atomic mass is 32.2. The molecule has 3 aromatic heterocycles. The molecular weight excluding hydrogens is 416 g/mol. The predicted octanol–water partition coefficient (Wildman–Crippen LogP) is 5.06. The molecule has 30 heavy (non-hydrogen) atoms. The van der Waals surface area contributed by atoms with Crippen LogP contribution in [0.3, 0.4) is 0 Å². The lowest BCUT2D eigenvalue weighted by molar-refractivity contribution is 0.559. The van der Waals surface area contributed by atoms with Crippen LogP contribution in [0.5, 0.6) is 0 Å². The largest absolute Gasteiger partial charge is 0.423 e. The predicted molar refractivity (Wildman–Crippen MR) is 123 cm³/mol. The van der Waals surface area contributed by atoms with Crippen LogP contribution in [0.2, 0.25) is 0 Å². The summed E-state index contributed by atoms with van der Waals surface area (Å²) in [6.07, 6.45) is 4.36. The molecule has 1 aliphatic rings. The highest BCUT2D eigenvalue weighted by molar-refractivity contribution is 7.98. The van der Waals surface area contributed by atoms with E-state index in [0.717, 1.165) is 46.0 Å². The summed E-state index contributed by atoms with van der Waals surface area (Å²) in [7, 11) is 0. The van der Waals surface area contributed by atoms with Crippen LogP contribution in [0.1, 0.15) is 41.3 Å². The van der Waals surface area contributed by atoms with Gasteiger partial charge in [-0.15, -0.1) is 11.3 Å². The zero-order valence-electron chi connectivity index (χ0n) is 17.0. The Morgan fingerprint density at radius 2 is 2.03 bits per heavy atom. The standard InChI is InChI=1S/C23H22N2O3S2/c1-3-25-22(27)20-16-6-4-5-7-18(16)30-21(20)24-23(25)29-12-14-11-19(26)28-17-10-13(2)8-9-15(14)17/h8-11H,3-7,12H2,1-2H3. The van der Waals surface area contributed by atoms with Gasteiger partial charge in [-0.2, -0.15) is 0 Å². The van der Waals surface area contributed by atoms with Gasteiger partial charge in [0.25, 0.3) is 5.56 Å². The summed E-state index contributed by atoms with van der Waals surface area (Å²) in [6, 6.07) is 7.42. The minimum atomic E-state index is -0.356. The number of hydrogen-bond donors (Lipinski definition) is 0. The van der Waals surface area contributed by atoms with Gasteiger partial charge >= 0.3 is 5.63 Å². The Labute approximate surface area is 181 Å². The second-order valence-electron chi connectivity index (χ2n) is 7.71. The molecule has 0 fully saturated rings. The van der Waals surface area contributed by atoms with Crippen LogP contribution in [-0.4, -0.2) is 9.55 Å². The van der Waals surface area contributed by atoms with Gasteiger partial charge in [-0.05, 0) is 62.3 Å². The van der Waals surface area contributed by atoms with Crippen LogP contribution < -0.4 is 11.2 Å². The lowest BCUT2D eigenvalue weighted by atomic mass is 9.97. The molecule has 4 aromatic rings. The molecule has 3 heterocycles. The van der Waals surface area contributed by atoms with Crippen molar-refractivity contribution in [2.45, 2.75) is 57.0 Å². The van der Waals surface area contributed by atoms with Gasteiger partial charge in [-0.1, -0.05) is 23.9 Å². The average Bonchev–Trinajstić information content (AvgIpc) is 3.10. The van der Waals surface area contributed by atoms with Crippen molar-refractivity contribution in [1.82, 2.24) is 9.55 Å². The summed E-state index contributed by atoms with van der Waals surface area (Å²) in [5.74, 6) is 0.550. The van der Waals surface area contributed by atoms with E-state index in [1.165, 1.54) is 28.6 Å². The summed E-state index contributed by atoms with van der Waals surface area (Å²) < 4.78 is 7.14. The summed E-state index contributed by atoms with van der Waals surface area (Å²) in [4.78, 5) is 32.4. The highest BCUT2D eigenvalue weighted by Gasteiger charge is 2.22. The third kappa shape index (κ3) is 3.30. The van der Waals surface area contributed by atoms with Gasteiger partial charge in [0.2, 0.25) is 0 Å². The number of aryl methyl sites for hydroxylation is 3. The molecule has 0 amide bonds. The van der Waals surface area contributed by atoms with Crippen molar-refractivity contribution in [3.63, 3.8) is 0 Å². The first-order valence-corrected chi connectivity index (χ1v) is 12.1. The van der Waals surface area contributed by atoms with Gasteiger partial charge in [-0.3, -0.25) is 9.36 Å². The fourth-order valence-electron chi connectivity index (χ4n) is 4.21. The second-order valence-corrected chi connectivity index (χ2v) is 9.74. The van der Waals surface area contributed by atoms with Crippen molar-refractivity contribution in [1.29, 1.82) is 0 Å². The SMILES string of the molecule is CCn1c(SCc2cc(=O)oc3cc(C)ccc23)nc2sc3c(c2c1=O)CCCC3. The lowest BCUT2D eigenvalue weighted by Gasteiger charge is -2.12.